The molecule has 0 saturated carbocycles. The van der Waals surface area contributed by atoms with Gasteiger partial charge in [-0.15, -0.1) is 0 Å². The zero-order valence-electron chi connectivity index (χ0n) is 16.7. The molecule has 154 valence electrons. The number of amides is 1. The van der Waals surface area contributed by atoms with Gasteiger partial charge in [0.25, 0.3) is 5.69 Å². The van der Waals surface area contributed by atoms with Crippen LogP contribution in [0.4, 0.5) is 11.4 Å². The number of nitro groups is 1. The summed E-state index contributed by atoms with van der Waals surface area (Å²) in [6.07, 6.45) is 0. The Labute approximate surface area is 170 Å². The van der Waals surface area contributed by atoms with Crippen molar-refractivity contribution in [1.82, 2.24) is 10.2 Å². The number of anilines is 1. The van der Waals surface area contributed by atoms with E-state index in [1.165, 1.54) is 6.07 Å². The van der Waals surface area contributed by atoms with Gasteiger partial charge in [-0.1, -0.05) is 18.2 Å². The highest BCUT2D eigenvalue weighted by Gasteiger charge is 2.26. The highest BCUT2D eigenvalue weighted by atomic mass is 16.6. The fourth-order valence-corrected chi connectivity index (χ4v) is 3.46. The molecular weight excluding hydrogens is 372 g/mol. The minimum absolute atomic E-state index is 0.0170. The van der Waals surface area contributed by atoms with Gasteiger partial charge < -0.3 is 15.0 Å². The van der Waals surface area contributed by atoms with Crippen LogP contribution in [0.1, 0.15) is 12.5 Å². The summed E-state index contributed by atoms with van der Waals surface area (Å²) in [6, 6.07) is 14.1. The smallest absolute Gasteiger partial charge is 0.271 e. The van der Waals surface area contributed by atoms with E-state index in [4.69, 9.17) is 4.74 Å². The Hall–Kier alpha value is -3.13. The number of hydrogen-bond donors (Lipinski definition) is 1. The fourth-order valence-electron chi connectivity index (χ4n) is 3.46. The van der Waals surface area contributed by atoms with Gasteiger partial charge in [0.1, 0.15) is 5.75 Å². The van der Waals surface area contributed by atoms with Crippen molar-refractivity contribution < 1.29 is 14.5 Å². The van der Waals surface area contributed by atoms with Crippen LogP contribution in [0.15, 0.2) is 48.5 Å². The van der Waals surface area contributed by atoms with E-state index in [9.17, 15) is 14.9 Å². The van der Waals surface area contributed by atoms with Crippen LogP contribution in [0.5, 0.6) is 5.75 Å². The van der Waals surface area contributed by atoms with Crippen molar-refractivity contribution >= 4 is 17.3 Å². The highest BCUT2D eigenvalue weighted by molar-refractivity contribution is 5.81. The number of piperazine rings is 1. The summed E-state index contributed by atoms with van der Waals surface area (Å²) < 4.78 is 5.21. The number of carbonyl (C=O) groups excluding carboxylic acids is 1. The lowest BCUT2D eigenvalue weighted by molar-refractivity contribution is -0.384. The third-order valence-corrected chi connectivity index (χ3v) is 5.25. The molecule has 8 heteroatoms. The van der Waals surface area contributed by atoms with Gasteiger partial charge in [0.05, 0.1) is 18.1 Å². The second-order valence-electron chi connectivity index (χ2n) is 7.05. The standard InChI is InChI=1S/C21H26N4O4/c1-16(21(26)22-15-17-5-3-8-20(13-17)29-2)23-9-11-24(12-10-23)18-6-4-7-19(14-18)25(27)28/h3-8,13-14,16H,9-12,15H2,1-2H3,(H,22,26). The molecule has 1 amide bonds. The third kappa shape index (κ3) is 5.23. The molecule has 3 rings (SSSR count). The number of nitrogens with one attached hydrogen (secondary N) is 1. The van der Waals surface area contributed by atoms with Crippen LogP contribution < -0.4 is 15.0 Å². The Morgan fingerprint density at radius 1 is 1.17 bits per heavy atom. The predicted octanol–water partition coefficient (Wildman–Crippen LogP) is 2.43. The molecule has 1 aliphatic rings. The first-order valence-electron chi connectivity index (χ1n) is 9.62. The summed E-state index contributed by atoms with van der Waals surface area (Å²) in [5, 5.41) is 14.0. The molecule has 1 unspecified atom stereocenters. The van der Waals surface area contributed by atoms with Gasteiger partial charge in [-0.2, -0.15) is 0 Å². The van der Waals surface area contributed by atoms with Crippen LogP contribution in [0.2, 0.25) is 0 Å². The zero-order valence-corrected chi connectivity index (χ0v) is 16.7. The van der Waals surface area contributed by atoms with Crippen LogP contribution in [0, 0.1) is 10.1 Å². The first kappa shape index (κ1) is 20.6. The first-order chi connectivity index (χ1) is 14.0. The molecule has 2 aromatic carbocycles. The second-order valence-corrected chi connectivity index (χ2v) is 7.05. The molecule has 1 aliphatic heterocycles. The van der Waals surface area contributed by atoms with Crippen LogP contribution in [0.25, 0.3) is 0 Å². The Balaban J connectivity index is 1.51. The lowest BCUT2D eigenvalue weighted by Crippen LogP contribution is -2.53. The molecule has 29 heavy (non-hydrogen) atoms. The summed E-state index contributed by atoms with van der Waals surface area (Å²) in [7, 11) is 1.62. The van der Waals surface area contributed by atoms with Crippen molar-refractivity contribution in [1.29, 1.82) is 0 Å². The maximum atomic E-state index is 12.6. The number of hydrogen-bond acceptors (Lipinski definition) is 6. The zero-order chi connectivity index (χ0) is 20.8. The van der Waals surface area contributed by atoms with Crippen LogP contribution in [-0.2, 0) is 11.3 Å². The molecule has 8 nitrogen and oxygen atoms in total. The quantitative estimate of drug-likeness (QED) is 0.569. The normalized spacial score (nSPS) is 15.6. The van der Waals surface area contributed by atoms with E-state index in [1.807, 2.05) is 37.3 Å². The van der Waals surface area contributed by atoms with Gasteiger partial charge >= 0.3 is 0 Å². The number of rotatable bonds is 7. The number of nitro benzene ring substituents is 1. The van der Waals surface area contributed by atoms with Crippen molar-refractivity contribution in [3.8, 4) is 5.75 Å². The van der Waals surface area contributed by atoms with Crippen molar-refractivity contribution in [2.45, 2.75) is 19.5 Å². The molecule has 0 aliphatic carbocycles. The monoisotopic (exact) mass is 398 g/mol. The van der Waals surface area contributed by atoms with Gasteiger partial charge in [0.15, 0.2) is 0 Å². The molecule has 1 saturated heterocycles. The Bertz CT molecular complexity index is 865. The summed E-state index contributed by atoms with van der Waals surface area (Å²) in [4.78, 5) is 27.4. The number of non-ortho nitro benzene ring substituents is 1. The lowest BCUT2D eigenvalue weighted by Gasteiger charge is -2.38. The van der Waals surface area contributed by atoms with E-state index in [-0.39, 0.29) is 22.6 Å². The van der Waals surface area contributed by atoms with Crippen LogP contribution in [-0.4, -0.2) is 55.1 Å². The molecule has 0 aromatic heterocycles. The van der Waals surface area contributed by atoms with E-state index >= 15 is 0 Å². The number of carbonyl (C=O) groups is 1. The maximum absolute atomic E-state index is 12.6. The molecular formula is C21H26N4O4. The average Bonchev–Trinajstić information content (AvgIpc) is 2.77. The minimum Gasteiger partial charge on any atom is -0.497 e. The van der Waals surface area contributed by atoms with Gasteiger partial charge in [-0.25, -0.2) is 0 Å². The number of benzene rings is 2. The van der Waals surface area contributed by atoms with Crippen molar-refractivity contribution in [2.75, 3.05) is 38.2 Å². The Kier molecular flexibility index (Phi) is 6.66. The largest absolute Gasteiger partial charge is 0.497 e. The van der Waals surface area contributed by atoms with Crippen molar-refractivity contribution in [3.63, 3.8) is 0 Å². The van der Waals surface area contributed by atoms with Gasteiger partial charge in [-0.05, 0) is 30.7 Å². The molecule has 2 aromatic rings. The fraction of sp³-hybridized carbons (Fsp3) is 0.381. The third-order valence-electron chi connectivity index (χ3n) is 5.25. The molecule has 1 fully saturated rings. The van der Waals surface area contributed by atoms with Gasteiger partial charge in [-0.3, -0.25) is 19.8 Å². The summed E-state index contributed by atoms with van der Waals surface area (Å²) in [6.45, 7) is 5.23. The maximum Gasteiger partial charge on any atom is 0.271 e. The van der Waals surface area contributed by atoms with Crippen LogP contribution in [0.3, 0.4) is 0 Å². The Morgan fingerprint density at radius 3 is 2.59 bits per heavy atom. The average molecular weight is 398 g/mol. The summed E-state index contributed by atoms with van der Waals surface area (Å²) >= 11 is 0. The van der Waals surface area contributed by atoms with Crippen LogP contribution >= 0.6 is 0 Å². The minimum atomic E-state index is -0.380. The molecule has 0 spiro atoms. The topological polar surface area (TPSA) is 88.0 Å². The number of ether oxygens (including phenoxy) is 1. The highest BCUT2D eigenvalue weighted by Crippen LogP contribution is 2.22. The lowest BCUT2D eigenvalue weighted by atomic mass is 10.1. The van der Waals surface area contributed by atoms with E-state index < -0.39 is 0 Å². The summed E-state index contributed by atoms with van der Waals surface area (Å²) in [5.41, 5.74) is 1.92. The SMILES string of the molecule is COc1cccc(CNC(=O)C(C)N2CCN(c3cccc([N+](=O)[O-])c3)CC2)c1. The molecule has 1 N–H and O–H groups in total. The number of nitrogens with zero attached hydrogens (tertiary/aromatic N) is 3. The van der Waals surface area contributed by atoms with E-state index in [2.05, 4.69) is 15.1 Å². The first-order valence-corrected chi connectivity index (χ1v) is 9.62. The second kappa shape index (κ2) is 9.38. The van der Waals surface area contributed by atoms with Gasteiger partial charge in [0.2, 0.25) is 5.91 Å². The molecule has 0 bridgehead atoms. The van der Waals surface area contributed by atoms with E-state index in [1.54, 1.807) is 19.2 Å². The summed E-state index contributed by atoms with van der Waals surface area (Å²) in [5.74, 6) is 0.749. The van der Waals surface area contributed by atoms with Crippen molar-refractivity contribution in [3.05, 3.63) is 64.2 Å². The molecule has 1 heterocycles. The molecule has 0 radical (unpaired) electrons. The molecule has 1 atom stereocenters. The van der Waals surface area contributed by atoms with E-state index in [0.29, 0.717) is 19.6 Å². The number of methoxy groups -OCH3 is 1. The van der Waals surface area contributed by atoms with Crippen molar-refractivity contribution in [2.24, 2.45) is 0 Å². The van der Waals surface area contributed by atoms with E-state index in [0.717, 1.165) is 30.1 Å². The Morgan fingerprint density at radius 2 is 1.90 bits per heavy atom. The van der Waals surface area contributed by atoms with Gasteiger partial charge in [0, 0.05) is 50.5 Å². The predicted molar refractivity (Wildman–Crippen MR) is 111 cm³/mol.